The van der Waals surface area contributed by atoms with Crippen molar-refractivity contribution in [1.29, 1.82) is 5.26 Å². The van der Waals surface area contributed by atoms with Gasteiger partial charge < -0.3 is 14.8 Å². The first kappa shape index (κ1) is 20.0. The number of amides is 1. The fraction of sp³-hybridized carbons (Fsp3) is 0.167. The zero-order valence-corrected chi connectivity index (χ0v) is 16.2. The molecule has 0 atom stereocenters. The van der Waals surface area contributed by atoms with Gasteiger partial charge >= 0.3 is 0 Å². The molecule has 1 N–H and O–H groups in total. The van der Waals surface area contributed by atoms with Crippen molar-refractivity contribution in [3.8, 4) is 28.7 Å². The molecule has 5 nitrogen and oxygen atoms in total. The molecule has 0 saturated carbocycles. The molecule has 0 aliphatic heterocycles. The van der Waals surface area contributed by atoms with Gasteiger partial charge in [0, 0.05) is 0 Å². The van der Waals surface area contributed by atoms with Crippen LogP contribution >= 0.6 is 0 Å². The van der Waals surface area contributed by atoms with Crippen LogP contribution in [0.1, 0.15) is 11.1 Å². The second kappa shape index (κ2) is 9.95. The Balaban J connectivity index is 1.40. The van der Waals surface area contributed by atoms with Gasteiger partial charge in [0.25, 0.3) is 5.91 Å². The van der Waals surface area contributed by atoms with Crippen LogP contribution in [0.3, 0.4) is 0 Å². The minimum Gasteiger partial charge on any atom is -0.492 e. The summed E-state index contributed by atoms with van der Waals surface area (Å²) < 4.78 is 11.1. The Morgan fingerprint density at radius 2 is 1.62 bits per heavy atom. The number of nitrogens with zero attached hydrogens (tertiary/aromatic N) is 1. The average Bonchev–Trinajstić information content (AvgIpc) is 2.76. The molecular formula is C24H22N2O3. The molecule has 3 aromatic carbocycles. The van der Waals surface area contributed by atoms with Crippen molar-refractivity contribution < 1.29 is 14.3 Å². The van der Waals surface area contributed by atoms with Gasteiger partial charge in [-0.1, -0.05) is 36.4 Å². The third kappa shape index (κ3) is 6.12. The maximum atomic E-state index is 11.9. The lowest BCUT2D eigenvalue weighted by molar-refractivity contribution is -0.123. The van der Waals surface area contributed by atoms with Crippen LogP contribution in [0.5, 0.6) is 11.5 Å². The van der Waals surface area contributed by atoms with E-state index in [9.17, 15) is 4.79 Å². The van der Waals surface area contributed by atoms with Crippen LogP contribution in [0.15, 0.2) is 72.8 Å². The molecule has 3 rings (SSSR count). The number of benzene rings is 3. The van der Waals surface area contributed by atoms with Crippen LogP contribution in [-0.2, 0) is 4.79 Å². The third-order valence-electron chi connectivity index (χ3n) is 4.25. The van der Waals surface area contributed by atoms with Crippen molar-refractivity contribution >= 4 is 5.91 Å². The Kier molecular flexibility index (Phi) is 6.85. The lowest BCUT2D eigenvalue weighted by Gasteiger charge is -2.10. The van der Waals surface area contributed by atoms with Crippen LogP contribution in [0, 0.1) is 18.3 Å². The highest BCUT2D eigenvalue weighted by Gasteiger charge is 2.04. The second-order valence-electron chi connectivity index (χ2n) is 6.52. The molecule has 0 bridgehead atoms. The number of rotatable bonds is 8. The molecule has 0 heterocycles. The average molecular weight is 386 g/mol. The SMILES string of the molecule is Cc1cccc(OCCNC(=O)COc2ccc(-c3ccc(C#N)cc3)cc2)c1. The van der Waals surface area contributed by atoms with E-state index in [2.05, 4.69) is 11.4 Å². The molecule has 29 heavy (non-hydrogen) atoms. The molecular weight excluding hydrogens is 364 g/mol. The number of hydrogen-bond donors (Lipinski definition) is 1. The maximum Gasteiger partial charge on any atom is 0.258 e. The number of nitriles is 1. The van der Waals surface area contributed by atoms with E-state index in [-0.39, 0.29) is 12.5 Å². The van der Waals surface area contributed by atoms with E-state index in [0.29, 0.717) is 24.5 Å². The molecule has 146 valence electrons. The largest absolute Gasteiger partial charge is 0.492 e. The zero-order valence-electron chi connectivity index (χ0n) is 16.2. The second-order valence-corrected chi connectivity index (χ2v) is 6.52. The van der Waals surface area contributed by atoms with Crippen molar-refractivity contribution in [3.05, 3.63) is 83.9 Å². The van der Waals surface area contributed by atoms with Gasteiger partial charge in [-0.05, 0) is 60.0 Å². The van der Waals surface area contributed by atoms with E-state index in [1.807, 2.05) is 67.6 Å². The van der Waals surface area contributed by atoms with Crippen LogP contribution in [0.4, 0.5) is 0 Å². The molecule has 1 amide bonds. The van der Waals surface area contributed by atoms with E-state index < -0.39 is 0 Å². The fourth-order valence-corrected chi connectivity index (χ4v) is 2.75. The summed E-state index contributed by atoms with van der Waals surface area (Å²) in [5.41, 5.74) is 3.79. The molecule has 0 aromatic heterocycles. The van der Waals surface area contributed by atoms with Gasteiger partial charge in [-0.3, -0.25) is 4.79 Å². The van der Waals surface area contributed by atoms with Crippen molar-refractivity contribution in [3.63, 3.8) is 0 Å². The van der Waals surface area contributed by atoms with Gasteiger partial charge in [0.2, 0.25) is 0 Å². The molecule has 0 saturated heterocycles. The molecule has 0 spiro atoms. The molecule has 0 unspecified atom stereocenters. The van der Waals surface area contributed by atoms with E-state index in [0.717, 1.165) is 22.4 Å². The summed E-state index contributed by atoms with van der Waals surface area (Å²) in [6.45, 7) is 2.76. The molecule has 0 aliphatic rings. The Morgan fingerprint density at radius 3 is 2.28 bits per heavy atom. The summed E-state index contributed by atoms with van der Waals surface area (Å²) in [4.78, 5) is 11.9. The first-order valence-corrected chi connectivity index (χ1v) is 9.33. The topological polar surface area (TPSA) is 71.3 Å². The van der Waals surface area contributed by atoms with Crippen LogP contribution in [-0.4, -0.2) is 25.7 Å². The normalized spacial score (nSPS) is 10.1. The summed E-state index contributed by atoms with van der Waals surface area (Å²) in [5, 5.41) is 11.6. The predicted octanol–water partition coefficient (Wildman–Crippen LogP) is 4.11. The predicted molar refractivity (Wildman–Crippen MR) is 112 cm³/mol. The van der Waals surface area contributed by atoms with Gasteiger partial charge in [-0.25, -0.2) is 0 Å². The highest BCUT2D eigenvalue weighted by molar-refractivity contribution is 5.77. The van der Waals surface area contributed by atoms with Gasteiger partial charge in [-0.2, -0.15) is 5.26 Å². The van der Waals surface area contributed by atoms with Crippen molar-refractivity contribution in [1.82, 2.24) is 5.32 Å². The van der Waals surface area contributed by atoms with Crippen molar-refractivity contribution in [2.75, 3.05) is 19.8 Å². The Morgan fingerprint density at radius 1 is 0.931 bits per heavy atom. The number of nitrogens with one attached hydrogen (secondary N) is 1. The van der Waals surface area contributed by atoms with Crippen LogP contribution < -0.4 is 14.8 Å². The minimum absolute atomic E-state index is 0.0549. The summed E-state index contributed by atoms with van der Waals surface area (Å²) in [6.07, 6.45) is 0. The van der Waals surface area contributed by atoms with Gasteiger partial charge in [0.15, 0.2) is 6.61 Å². The number of carbonyl (C=O) groups is 1. The molecule has 0 aliphatic carbocycles. The van der Waals surface area contributed by atoms with Crippen LogP contribution in [0.25, 0.3) is 11.1 Å². The highest BCUT2D eigenvalue weighted by atomic mass is 16.5. The number of hydrogen-bond acceptors (Lipinski definition) is 4. The lowest BCUT2D eigenvalue weighted by Crippen LogP contribution is -2.32. The van der Waals surface area contributed by atoms with Crippen molar-refractivity contribution in [2.45, 2.75) is 6.92 Å². The number of aryl methyl sites for hydroxylation is 1. The highest BCUT2D eigenvalue weighted by Crippen LogP contribution is 2.22. The molecule has 5 heteroatoms. The van der Waals surface area contributed by atoms with Crippen molar-refractivity contribution in [2.24, 2.45) is 0 Å². The quantitative estimate of drug-likeness (QED) is 0.592. The summed E-state index contributed by atoms with van der Waals surface area (Å²) >= 11 is 0. The minimum atomic E-state index is -0.200. The first-order valence-electron chi connectivity index (χ1n) is 9.33. The van der Waals surface area contributed by atoms with Gasteiger partial charge in [0.1, 0.15) is 18.1 Å². The standard InChI is InChI=1S/C24H22N2O3/c1-18-3-2-4-23(15-18)28-14-13-26-24(27)17-29-22-11-9-21(10-12-22)20-7-5-19(16-25)6-8-20/h2-12,15H,13-14,17H2,1H3,(H,26,27). The van der Waals surface area contributed by atoms with Gasteiger partial charge in [0.05, 0.1) is 18.2 Å². The summed E-state index contributed by atoms with van der Waals surface area (Å²) in [6, 6.07) is 24.7. The van der Waals surface area contributed by atoms with E-state index in [4.69, 9.17) is 14.7 Å². The Hall–Kier alpha value is -3.78. The number of carbonyl (C=O) groups excluding carboxylic acids is 1. The molecule has 0 fully saturated rings. The van der Waals surface area contributed by atoms with Gasteiger partial charge in [-0.15, -0.1) is 0 Å². The summed E-state index contributed by atoms with van der Waals surface area (Å²) in [5.74, 6) is 1.21. The number of ether oxygens (including phenoxy) is 2. The Labute approximate surface area is 170 Å². The first-order chi connectivity index (χ1) is 14.1. The Bertz CT molecular complexity index is 990. The molecule has 3 aromatic rings. The smallest absolute Gasteiger partial charge is 0.258 e. The summed E-state index contributed by atoms with van der Waals surface area (Å²) in [7, 11) is 0. The van der Waals surface area contributed by atoms with E-state index in [1.54, 1.807) is 12.1 Å². The molecule has 0 radical (unpaired) electrons. The van der Waals surface area contributed by atoms with E-state index in [1.165, 1.54) is 0 Å². The lowest BCUT2D eigenvalue weighted by atomic mass is 10.0. The van der Waals surface area contributed by atoms with Crippen LogP contribution in [0.2, 0.25) is 0 Å². The zero-order chi connectivity index (χ0) is 20.5. The van der Waals surface area contributed by atoms with E-state index >= 15 is 0 Å². The fourth-order valence-electron chi connectivity index (χ4n) is 2.75. The maximum absolute atomic E-state index is 11.9. The third-order valence-corrected chi connectivity index (χ3v) is 4.25. The monoisotopic (exact) mass is 386 g/mol.